The number of nitriles is 1. The average molecular weight is 391 g/mol. The second kappa shape index (κ2) is 7.61. The fraction of sp³-hybridized carbons (Fsp3) is 0.273. The molecule has 0 aromatic heterocycles. The number of rotatable bonds is 3. The van der Waals surface area contributed by atoms with E-state index in [0.717, 1.165) is 22.0 Å². The summed E-state index contributed by atoms with van der Waals surface area (Å²) in [6, 6.07) is 18.3. The quantitative estimate of drug-likeness (QED) is 0.784. The van der Waals surface area contributed by atoms with Crippen molar-refractivity contribution in [2.45, 2.75) is 19.3 Å². The molecule has 2 aliphatic heterocycles. The molecule has 0 bridgehead atoms. The summed E-state index contributed by atoms with van der Waals surface area (Å²) >= 11 is 1.56. The van der Waals surface area contributed by atoms with Gasteiger partial charge in [0.2, 0.25) is 5.91 Å². The Balaban J connectivity index is 1.65. The van der Waals surface area contributed by atoms with Crippen LogP contribution in [0, 0.1) is 18.3 Å². The molecular formula is C22H21N3O2S. The molecule has 1 atom stereocenters. The second-order valence-electron chi connectivity index (χ2n) is 6.98. The largest absolute Gasteiger partial charge is 0.497 e. The van der Waals surface area contributed by atoms with E-state index in [1.165, 1.54) is 5.56 Å². The Morgan fingerprint density at radius 2 is 2.00 bits per heavy atom. The molecular weight excluding hydrogens is 370 g/mol. The molecule has 0 aliphatic carbocycles. The molecule has 142 valence electrons. The molecule has 1 amide bonds. The first kappa shape index (κ1) is 18.5. The van der Waals surface area contributed by atoms with E-state index in [4.69, 9.17) is 4.74 Å². The van der Waals surface area contributed by atoms with Gasteiger partial charge in [0.25, 0.3) is 0 Å². The van der Waals surface area contributed by atoms with Crippen LogP contribution in [-0.4, -0.2) is 30.5 Å². The van der Waals surface area contributed by atoms with Gasteiger partial charge in [-0.05, 0) is 42.3 Å². The molecule has 6 heteroatoms. The van der Waals surface area contributed by atoms with Crippen LogP contribution >= 0.6 is 11.8 Å². The standard InChI is InChI=1S/C22H21N3O2S/c1-15-4-3-5-17(10-15)24-13-25-21(26)11-19(20(12-23)22(25)28-14-24)16-6-8-18(27-2)9-7-16/h3-10,19H,11,13-14H2,1-2H3/t19-/m0/s1. The smallest absolute Gasteiger partial charge is 0.229 e. The van der Waals surface area contributed by atoms with Crippen LogP contribution in [0.4, 0.5) is 5.69 Å². The van der Waals surface area contributed by atoms with E-state index in [1.54, 1.807) is 23.8 Å². The van der Waals surface area contributed by atoms with Gasteiger partial charge in [-0.1, -0.05) is 36.0 Å². The van der Waals surface area contributed by atoms with Crippen LogP contribution in [0.2, 0.25) is 0 Å². The SMILES string of the molecule is COc1ccc([C@@H]2CC(=O)N3CN(c4cccc(C)c4)CSC3=C2C#N)cc1. The van der Waals surface area contributed by atoms with Crippen molar-refractivity contribution in [3.63, 3.8) is 0 Å². The van der Waals surface area contributed by atoms with Gasteiger partial charge in [-0.25, -0.2) is 0 Å². The summed E-state index contributed by atoms with van der Waals surface area (Å²) in [5, 5.41) is 10.7. The third kappa shape index (κ3) is 3.34. The van der Waals surface area contributed by atoms with Crippen molar-refractivity contribution in [1.29, 1.82) is 5.26 Å². The van der Waals surface area contributed by atoms with Crippen LogP contribution in [0.5, 0.6) is 5.75 Å². The number of aryl methyl sites for hydroxylation is 1. The minimum absolute atomic E-state index is 0.0553. The van der Waals surface area contributed by atoms with E-state index in [-0.39, 0.29) is 11.8 Å². The zero-order valence-corrected chi connectivity index (χ0v) is 16.7. The van der Waals surface area contributed by atoms with E-state index in [0.29, 0.717) is 24.5 Å². The Kier molecular flexibility index (Phi) is 5.01. The molecule has 0 N–H and O–H groups in total. The summed E-state index contributed by atoms with van der Waals surface area (Å²) in [7, 11) is 1.62. The Hall–Kier alpha value is -2.91. The summed E-state index contributed by atoms with van der Waals surface area (Å²) in [6.45, 7) is 2.54. The molecule has 1 saturated heterocycles. The minimum atomic E-state index is -0.201. The Bertz CT molecular complexity index is 978. The fourth-order valence-electron chi connectivity index (χ4n) is 3.67. The van der Waals surface area contributed by atoms with Crippen molar-refractivity contribution in [1.82, 2.24) is 4.90 Å². The third-order valence-electron chi connectivity index (χ3n) is 5.18. The van der Waals surface area contributed by atoms with Crippen LogP contribution in [0.1, 0.15) is 23.5 Å². The molecule has 2 aromatic carbocycles. The summed E-state index contributed by atoms with van der Waals surface area (Å²) in [5.41, 5.74) is 3.93. The first-order chi connectivity index (χ1) is 13.6. The predicted molar refractivity (Wildman–Crippen MR) is 111 cm³/mol. The summed E-state index contributed by atoms with van der Waals surface area (Å²) < 4.78 is 5.22. The van der Waals surface area contributed by atoms with Crippen molar-refractivity contribution in [2.75, 3.05) is 24.6 Å². The second-order valence-corrected chi connectivity index (χ2v) is 7.91. The maximum atomic E-state index is 13.0. The molecule has 1 fully saturated rings. The molecule has 0 radical (unpaired) electrons. The number of hydrogen-bond acceptors (Lipinski definition) is 5. The Morgan fingerprint density at radius 3 is 2.68 bits per heavy atom. The van der Waals surface area contributed by atoms with Gasteiger partial charge in [-0.2, -0.15) is 5.26 Å². The summed E-state index contributed by atoms with van der Waals surface area (Å²) in [5.74, 6) is 1.33. The highest BCUT2D eigenvalue weighted by molar-refractivity contribution is 8.03. The number of fused-ring (bicyclic) bond motifs is 1. The van der Waals surface area contributed by atoms with E-state index >= 15 is 0 Å². The van der Waals surface area contributed by atoms with Crippen molar-refractivity contribution in [2.24, 2.45) is 0 Å². The number of amides is 1. The number of hydrogen-bond donors (Lipinski definition) is 0. The van der Waals surface area contributed by atoms with Gasteiger partial charge < -0.3 is 9.64 Å². The van der Waals surface area contributed by atoms with Crippen LogP contribution in [0.25, 0.3) is 0 Å². The lowest BCUT2D eigenvalue weighted by Crippen LogP contribution is -2.47. The lowest BCUT2D eigenvalue weighted by Gasteiger charge is -2.42. The molecule has 2 aromatic rings. The monoisotopic (exact) mass is 391 g/mol. The average Bonchev–Trinajstić information content (AvgIpc) is 2.73. The van der Waals surface area contributed by atoms with Gasteiger partial charge in [0.15, 0.2) is 0 Å². The zero-order chi connectivity index (χ0) is 19.7. The number of carbonyl (C=O) groups excluding carboxylic acids is 1. The molecule has 0 saturated carbocycles. The first-order valence-electron chi connectivity index (χ1n) is 9.13. The maximum Gasteiger partial charge on any atom is 0.229 e. The minimum Gasteiger partial charge on any atom is -0.497 e. The number of thioether (sulfide) groups is 1. The lowest BCUT2D eigenvalue weighted by atomic mass is 9.86. The highest BCUT2D eigenvalue weighted by Crippen LogP contribution is 2.43. The molecule has 2 aliphatic rings. The van der Waals surface area contributed by atoms with Gasteiger partial charge in [0, 0.05) is 18.0 Å². The van der Waals surface area contributed by atoms with Gasteiger partial charge in [0.1, 0.15) is 5.75 Å². The number of ether oxygens (including phenoxy) is 1. The zero-order valence-electron chi connectivity index (χ0n) is 15.9. The Labute approximate surface area is 169 Å². The van der Waals surface area contributed by atoms with E-state index in [2.05, 4.69) is 36.1 Å². The van der Waals surface area contributed by atoms with Gasteiger partial charge in [-0.3, -0.25) is 9.69 Å². The third-order valence-corrected chi connectivity index (χ3v) is 6.33. The normalized spacial score (nSPS) is 19.3. The fourth-order valence-corrected chi connectivity index (χ4v) is 4.84. The van der Waals surface area contributed by atoms with Crippen molar-refractivity contribution < 1.29 is 9.53 Å². The van der Waals surface area contributed by atoms with E-state index in [9.17, 15) is 10.1 Å². The van der Waals surface area contributed by atoms with Crippen LogP contribution < -0.4 is 9.64 Å². The number of carbonyl (C=O) groups is 1. The van der Waals surface area contributed by atoms with E-state index < -0.39 is 0 Å². The van der Waals surface area contributed by atoms with Gasteiger partial charge in [0.05, 0.1) is 36.3 Å². The summed E-state index contributed by atoms with van der Waals surface area (Å²) in [4.78, 5) is 16.9. The first-order valence-corrected chi connectivity index (χ1v) is 10.1. The highest BCUT2D eigenvalue weighted by atomic mass is 32.2. The maximum absolute atomic E-state index is 13.0. The number of allylic oxidation sites excluding steroid dienone is 1. The van der Waals surface area contributed by atoms with Crippen LogP contribution in [0.3, 0.4) is 0 Å². The molecule has 0 spiro atoms. The number of benzene rings is 2. The van der Waals surface area contributed by atoms with Crippen LogP contribution in [-0.2, 0) is 4.79 Å². The number of nitrogens with zero attached hydrogens (tertiary/aromatic N) is 3. The van der Waals surface area contributed by atoms with Crippen molar-refractivity contribution in [3.8, 4) is 11.8 Å². The lowest BCUT2D eigenvalue weighted by molar-refractivity contribution is -0.129. The highest BCUT2D eigenvalue weighted by Gasteiger charge is 2.38. The van der Waals surface area contributed by atoms with Crippen molar-refractivity contribution in [3.05, 3.63) is 70.3 Å². The van der Waals surface area contributed by atoms with Crippen molar-refractivity contribution >= 4 is 23.4 Å². The molecule has 28 heavy (non-hydrogen) atoms. The number of methoxy groups -OCH3 is 1. The molecule has 0 unspecified atom stereocenters. The van der Waals surface area contributed by atoms with Gasteiger partial charge >= 0.3 is 0 Å². The number of anilines is 1. The van der Waals surface area contributed by atoms with Crippen LogP contribution in [0.15, 0.2) is 59.1 Å². The molecule has 5 nitrogen and oxygen atoms in total. The topological polar surface area (TPSA) is 56.6 Å². The summed E-state index contributed by atoms with van der Waals surface area (Å²) in [6.07, 6.45) is 0.306. The van der Waals surface area contributed by atoms with E-state index in [1.807, 2.05) is 30.3 Å². The predicted octanol–water partition coefficient (Wildman–Crippen LogP) is 4.22. The van der Waals surface area contributed by atoms with Gasteiger partial charge in [-0.15, -0.1) is 0 Å². The molecule has 4 rings (SSSR count). The Morgan fingerprint density at radius 1 is 1.21 bits per heavy atom. The molecule has 2 heterocycles.